The number of halogens is 1. The van der Waals surface area contributed by atoms with Crippen LogP contribution in [0.1, 0.15) is 26.7 Å². The Bertz CT molecular complexity index is 1750. The number of amides is 6. The van der Waals surface area contributed by atoms with E-state index < -0.39 is 11.9 Å². The molecule has 2 fully saturated rings. The number of nitrogens with one attached hydrogen (secondary N) is 2. The number of rotatable bonds is 10. The van der Waals surface area contributed by atoms with Crippen molar-refractivity contribution in [2.24, 2.45) is 0 Å². The van der Waals surface area contributed by atoms with Crippen LogP contribution in [0, 0.1) is 0 Å². The second-order valence-corrected chi connectivity index (χ2v) is 19.7. The number of aldehydes is 1. The van der Waals surface area contributed by atoms with Crippen LogP contribution >= 0.6 is 17.2 Å². The summed E-state index contributed by atoms with van der Waals surface area (Å²) >= 11 is 8.01. The third-order valence-electron chi connectivity index (χ3n) is 9.83. The fraction of sp³-hybridized carbons (Fsp3) is 0.357. The zero-order chi connectivity index (χ0) is 41.9. The first kappa shape index (κ1) is 46.0. The molecule has 13 nitrogen and oxygen atoms in total. The summed E-state index contributed by atoms with van der Waals surface area (Å²) in [5.74, 6) is -4.44. The minimum Gasteiger partial charge on any atom is -0.353 e. The van der Waals surface area contributed by atoms with Gasteiger partial charge in [-0.1, -0.05) is 6.92 Å². The second-order valence-electron chi connectivity index (χ2n) is 13.2. The summed E-state index contributed by atoms with van der Waals surface area (Å²) in [5.41, 5.74) is 0. The van der Waals surface area contributed by atoms with Gasteiger partial charge in [0.25, 0.3) is 5.91 Å². The Hall–Kier alpha value is -5.39. The summed E-state index contributed by atoms with van der Waals surface area (Å²) in [5, 5.41) is 7.46. The Morgan fingerprint density at radius 1 is 0.544 bits per heavy atom. The van der Waals surface area contributed by atoms with E-state index in [-0.39, 0.29) is 42.0 Å². The zero-order valence-corrected chi connectivity index (χ0v) is 34.8. The van der Waals surface area contributed by atoms with Crippen molar-refractivity contribution in [2.75, 3.05) is 72.6 Å². The van der Waals surface area contributed by atoms with Crippen LogP contribution in [0.2, 0.25) is 0 Å². The molecule has 0 aliphatic carbocycles. The molecule has 306 valence electrons. The number of hydrogen-bond donors (Lipinski definition) is 2. The zero-order valence-electron chi connectivity index (χ0n) is 33.1. The normalized spacial score (nSPS) is 14.7. The summed E-state index contributed by atoms with van der Waals surface area (Å²) in [6, 6.07) is 30.2. The molecule has 0 aromatic heterocycles. The molecule has 0 saturated carbocycles. The number of carbonyl (C=O) groups excluding carboxylic acids is 7. The Kier molecular flexibility index (Phi) is 18.1. The molecule has 2 heterocycles. The van der Waals surface area contributed by atoms with Crippen LogP contribution in [0.5, 0.6) is 0 Å². The maximum atomic E-state index is 13.9. The third-order valence-corrected chi connectivity index (χ3v) is 16.9. The van der Waals surface area contributed by atoms with Crippen LogP contribution in [0.15, 0.2) is 103 Å². The van der Waals surface area contributed by atoms with Crippen molar-refractivity contribution in [1.82, 2.24) is 30.2 Å². The number of hydrogen-bond acceptors (Lipinski definition) is 7. The van der Waals surface area contributed by atoms with Gasteiger partial charge in [-0.15, -0.1) is 0 Å². The third kappa shape index (κ3) is 12.1. The fourth-order valence-corrected chi connectivity index (χ4v) is 12.4. The quantitative estimate of drug-likeness (QED) is 0.137. The van der Waals surface area contributed by atoms with Crippen molar-refractivity contribution in [3.8, 4) is 0 Å². The van der Waals surface area contributed by atoms with Gasteiger partial charge in [-0.2, -0.15) is 0 Å². The Balaban J connectivity index is 0.000000304. The predicted octanol–water partition coefficient (Wildman–Crippen LogP) is 2.05. The van der Waals surface area contributed by atoms with E-state index in [1.54, 1.807) is 9.80 Å². The number of nitrogens with zero attached hydrogens (tertiary/aromatic N) is 4. The molecule has 3 aromatic rings. The molecule has 3 aromatic carbocycles. The summed E-state index contributed by atoms with van der Waals surface area (Å²) < 4.78 is 0. The van der Waals surface area contributed by atoms with E-state index in [4.69, 9.17) is 11.2 Å². The number of benzene rings is 3. The largest absolute Gasteiger partial charge is 0.353 e. The number of likely N-dealkylation sites (N-methyl/N-ethyl adjacent to an activating group) is 2. The van der Waals surface area contributed by atoms with Gasteiger partial charge in [0.05, 0.1) is 0 Å². The molecule has 2 N–H and O–H groups in total. The SMILES string of the molecule is CCC(=O)N1CCN(C(=O)/C=C/C(=O)NC)CC1.CCC(=O)N1CCN(C(=O)CP(Cl)(c2ccccc2)(c2ccccc2)c2ccccc2)CC1.CNC(=O)C=O. The average molecular weight is 821 g/mol. The molecule has 2 aliphatic heterocycles. The van der Waals surface area contributed by atoms with Gasteiger partial charge in [-0.25, -0.2) is 0 Å². The number of piperazine rings is 2. The molecular weight excluding hydrogens is 767 g/mol. The average Bonchev–Trinajstić information content (AvgIpc) is 3.28. The summed E-state index contributed by atoms with van der Waals surface area (Å²) in [7, 11) is 2.91. The van der Waals surface area contributed by atoms with E-state index >= 15 is 0 Å². The van der Waals surface area contributed by atoms with Crippen LogP contribution in [-0.4, -0.2) is 134 Å². The second kappa shape index (κ2) is 22.4. The first-order valence-electron chi connectivity index (χ1n) is 18.9. The molecule has 0 atom stereocenters. The van der Waals surface area contributed by atoms with Crippen molar-refractivity contribution in [1.29, 1.82) is 0 Å². The van der Waals surface area contributed by atoms with Crippen LogP contribution in [0.4, 0.5) is 0 Å². The van der Waals surface area contributed by atoms with Gasteiger partial charge in [0.15, 0.2) is 0 Å². The molecule has 15 heteroatoms. The van der Waals surface area contributed by atoms with E-state index in [9.17, 15) is 33.6 Å². The van der Waals surface area contributed by atoms with Gasteiger partial charge in [0.2, 0.25) is 24.0 Å². The smallest absolute Gasteiger partial charge is 0.283 e. The van der Waals surface area contributed by atoms with E-state index in [0.717, 1.165) is 15.9 Å². The van der Waals surface area contributed by atoms with Gasteiger partial charge in [0.1, 0.15) is 0 Å². The first-order valence-corrected chi connectivity index (χ1v) is 22.3. The minimum atomic E-state index is -3.64. The van der Waals surface area contributed by atoms with E-state index in [1.165, 1.54) is 26.2 Å². The Morgan fingerprint density at radius 2 is 0.877 bits per heavy atom. The molecule has 0 bridgehead atoms. The molecule has 5 rings (SSSR count). The van der Waals surface area contributed by atoms with Crippen LogP contribution in [-0.2, 0) is 33.6 Å². The molecule has 0 spiro atoms. The Morgan fingerprint density at radius 3 is 1.18 bits per heavy atom. The Labute approximate surface area is 340 Å². The van der Waals surface area contributed by atoms with E-state index in [2.05, 4.69) is 47.0 Å². The van der Waals surface area contributed by atoms with Crippen molar-refractivity contribution in [3.05, 3.63) is 103 Å². The molecule has 0 unspecified atom stereocenters. The van der Waals surface area contributed by atoms with Gasteiger partial charge in [0, 0.05) is 58.8 Å². The van der Waals surface area contributed by atoms with E-state index in [0.29, 0.717) is 65.2 Å². The molecular formula is C42H54ClN6O7P. The topological polar surface area (TPSA) is 157 Å². The summed E-state index contributed by atoms with van der Waals surface area (Å²) in [6.45, 7) is 8.06. The monoisotopic (exact) mass is 820 g/mol. The van der Waals surface area contributed by atoms with Gasteiger partial charge in [-0.3, -0.25) is 24.0 Å². The summed E-state index contributed by atoms with van der Waals surface area (Å²) in [4.78, 5) is 86.2. The number of carbonyl (C=O) groups is 7. The molecule has 6 amide bonds. The van der Waals surface area contributed by atoms with Gasteiger partial charge >= 0.3 is 201 Å². The maximum absolute atomic E-state index is 13.9. The standard InChI is InChI=1S/C27H30ClN2O2P.C12H19N3O3.C3H5NO2/c1-2-26(31)29-18-20-30(21-19-29)27(32)22-33(28,23-12-6-3-7-13-23,24-14-8-4-9-15-24)25-16-10-5-11-17-25;1-3-11(17)14-6-8-15(9-7-14)12(18)5-4-10(16)13-2;1-4-3(6)2-5/h3-17H,2,18-22H2,1H3;4-5H,3,6-9H2,1-2H3,(H,13,16);2H,1H3,(H,4,6)/b;5-4+;. The van der Waals surface area contributed by atoms with Gasteiger partial charge in [-0.05, 0) is 0 Å². The van der Waals surface area contributed by atoms with Gasteiger partial charge < -0.3 is 20.4 Å². The molecule has 2 saturated heterocycles. The van der Waals surface area contributed by atoms with Crippen molar-refractivity contribution in [2.45, 2.75) is 26.7 Å². The fourth-order valence-electron chi connectivity index (χ4n) is 6.51. The van der Waals surface area contributed by atoms with E-state index in [1.807, 2.05) is 78.2 Å². The minimum absolute atomic E-state index is 0.0304. The van der Waals surface area contributed by atoms with Crippen LogP contribution in [0.3, 0.4) is 0 Å². The first-order chi connectivity index (χ1) is 27.4. The molecule has 57 heavy (non-hydrogen) atoms. The predicted molar refractivity (Wildman–Crippen MR) is 226 cm³/mol. The van der Waals surface area contributed by atoms with Crippen LogP contribution < -0.4 is 26.5 Å². The van der Waals surface area contributed by atoms with Crippen molar-refractivity contribution in [3.63, 3.8) is 0 Å². The molecule has 2 aliphatic rings. The summed E-state index contributed by atoms with van der Waals surface area (Å²) in [6.07, 6.45) is 3.88. The van der Waals surface area contributed by atoms with Crippen molar-refractivity contribution < 1.29 is 33.6 Å². The van der Waals surface area contributed by atoms with Crippen LogP contribution in [0.25, 0.3) is 0 Å². The van der Waals surface area contributed by atoms with Crippen molar-refractivity contribution >= 4 is 74.8 Å². The maximum Gasteiger partial charge on any atom is 0.283 e. The molecule has 0 radical (unpaired) electrons.